The molecule has 11 heteroatoms. The number of nitrogens with zero attached hydrogens (tertiary/aromatic N) is 2. The number of carbonyl (C=O) groups is 1. The molecule has 0 aromatic heterocycles. The van der Waals surface area contributed by atoms with Gasteiger partial charge in [-0.25, -0.2) is 8.93 Å². The Balaban J connectivity index is 0.000000488. The summed E-state index contributed by atoms with van der Waals surface area (Å²) in [7, 11) is 4.76. The van der Waals surface area contributed by atoms with Gasteiger partial charge >= 0.3 is 0 Å². The molecule has 0 amide bonds. The molecule has 2 aromatic rings. The van der Waals surface area contributed by atoms with Crippen molar-refractivity contribution in [3.8, 4) is 5.75 Å². The maximum absolute atomic E-state index is 12.2. The van der Waals surface area contributed by atoms with Crippen LogP contribution in [0.3, 0.4) is 0 Å². The summed E-state index contributed by atoms with van der Waals surface area (Å²) < 4.78 is 32.9. The molecule has 2 aliphatic heterocycles. The number of ether oxygens (including phenoxy) is 3. The van der Waals surface area contributed by atoms with Crippen molar-refractivity contribution in [2.24, 2.45) is 17.8 Å². The topological polar surface area (TPSA) is 92.4 Å². The lowest BCUT2D eigenvalue weighted by atomic mass is 9.69. The van der Waals surface area contributed by atoms with Gasteiger partial charge < -0.3 is 29.3 Å². The highest BCUT2D eigenvalue weighted by Crippen LogP contribution is 2.43. The highest BCUT2D eigenvalue weighted by atomic mass is 35.5. The van der Waals surface area contributed by atoms with Crippen LogP contribution in [0, 0.1) is 17.8 Å². The summed E-state index contributed by atoms with van der Waals surface area (Å²) in [4.78, 5) is 16.5. The average molecular weight is 776 g/mol. The molecule has 0 spiro atoms. The number of hydrogen-bond donors (Lipinski definition) is 2. The SMILES string of the molecule is CCCc1cc(Cl)ccc1C1COc2ccc(C=O)cc2N(CC2CCC2C(CCCC(C)C(C)S(=O)NC)OC)C1.CN1CCCOCCNCC1. The number of hydrogen-bond acceptors (Lipinski definition) is 8. The molecule has 3 aliphatic rings. The quantitative estimate of drug-likeness (QED) is 0.185. The first-order chi connectivity index (χ1) is 25.7. The number of likely N-dealkylation sites (N-methyl/N-ethyl adjacent to an activating group) is 1. The van der Waals surface area contributed by atoms with Gasteiger partial charge in [-0.2, -0.15) is 0 Å². The van der Waals surface area contributed by atoms with Crippen LogP contribution in [-0.2, 0) is 26.9 Å². The fourth-order valence-electron chi connectivity index (χ4n) is 7.97. The molecule has 2 fully saturated rings. The maximum Gasteiger partial charge on any atom is 0.150 e. The van der Waals surface area contributed by atoms with Crippen molar-refractivity contribution in [3.05, 3.63) is 58.1 Å². The third-order valence-corrected chi connectivity index (χ3v) is 13.3. The number of fused-ring (bicyclic) bond motifs is 1. The fraction of sp³-hybridized carbons (Fsp3) is 0.690. The van der Waals surface area contributed by atoms with Gasteiger partial charge in [0.2, 0.25) is 0 Å². The molecule has 5 rings (SSSR count). The van der Waals surface area contributed by atoms with Crippen LogP contribution in [0.4, 0.5) is 5.69 Å². The van der Waals surface area contributed by atoms with Gasteiger partial charge in [-0.15, -0.1) is 0 Å². The van der Waals surface area contributed by atoms with Crippen LogP contribution in [0.2, 0.25) is 5.02 Å². The summed E-state index contributed by atoms with van der Waals surface area (Å²) in [6.45, 7) is 14.9. The smallest absolute Gasteiger partial charge is 0.150 e. The molecule has 1 saturated carbocycles. The minimum Gasteiger partial charge on any atom is -0.491 e. The molecule has 1 saturated heterocycles. The first-order valence-electron chi connectivity index (χ1n) is 20.0. The molecule has 9 nitrogen and oxygen atoms in total. The predicted octanol–water partition coefficient (Wildman–Crippen LogP) is 7.13. The predicted molar refractivity (Wildman–Crippen MR) is 220 cm³/mol. The number of nitrogens with one attached hydrogen (secondary N) is 2. The monoisotopic (exact) mass is 774 g/mol. The van der Waals surface area contributed by atoms with Crippen molar-refractivity contribution in [2.75, 3.05) is 85.2 Å². The van der Waals surface area contributed by atoms with Gasteiger partial charge in [-0.3, -0.25) is 4.79 Å². The zero-order valence-corrected chi connectivity index (χ0v) is 34.8. The number of halogens is 1. The van der Waals surface area contributed by atoms with Gasteiger partial charge in [-0.05, 0) is 119 Å². The number of benzene rings is 2. The summed E-state index contributed by atoms with van der Waals surface area (Å²) in [6.07, 6.45) is 9.81. The number of rotatable bonds is 15. The number of carbonyl (C=O) groups excluding carboxylic acids is 1. The molecule has 7 atom stereocenters. The van der Waals surface area contributed by atoms with Gasteiger partial charge in [0.1, 0.15) is 12.0 Å². The Morgan fingerprint density at radius 3 is 2.66 bits per heavy atom. The molecule has 0 radical (unpaired) electrons. The largest absolute Gasteiger partial charge is 0.491 e. The highest BCUT2D eigenvalue weighted by molar-refractivity contribution is 7.83. The zero-order chi connectivity index (χ0) is 38.2. The van der Waals surface area contributed by atoms with E-state index in [0.29, 0.717) is 29.9 Å². The van der Waals surface area contributed by atoms with E-state index in [-0.39, 0.29) is 17.3 Å². The summed E-state index contributed by atoms with van der Waals surface area (Å²) >= 11 is 6.40. The maximum atomic E-state index is 12.2. The van der Waals surface area contributed by atoms with E-state index < -0.39 is 11.0 Å². The van der Waals surface area contributed by atoms with Gasteiger partial charge in [0.15, 0.2) is 0 Å². The van der Waals surface area contributed by atoms with Gasteiger partial charge in [-0.1, -0.05) is 44.4 Å². The Bertz CT molecular complexity index is 1410. The Labute approximate surface area is 327 Å². The van der Waals surface area contributed by atoms with Gasteiger partial charge in [0.25, 0.3) is 0 Å². The normalized spacial score (nSPS) is 23.5. The summed E-state index contributed by atoms with van der Waals surface area (Å²) in [5, 5.41) is 4.22. The summed E-state index contributed by atoms with van der Waals surface area (Å²) in [5.74, 6) is 2.43. The molecule has 0 bridgehead atoms. The van der Waals surface area contributed by atoms with Crippen molar-refractivity contribution in [1.29, 1.82) is 0 Å². The molecular formula is C42H67ClN4O5S. The average Bonchev–Trinajstić information content (AvgIpc) is 3.34. The number of methoxy groups -OCH3 is 1. The van der Waals surface area contributed by atoms with E-state index in [2.05, 4.69) is 59.8 Å². The second kappa shape index (κ2) is 23.1. The second-order valence-corrected chi connectivity index (χ2v) is 17.4. The third kappa shape index (κ3) is 13.3. The zero-order valence-electron chi connectivity index (χ0n) is 33.2. The van der Waals surface area contributed by atoms with Crippen LogP contribution in [0.15, 0.2) is 36.4 Å². The lowest BCUT2D eigenvalue weighted by Crippen LogP contribution is -2.45. The van der Waals surface area contributed by atoms with E-state index in [1.54, 1.807) is 7.05 Å². The van der Waals surface area contributed by atoms with Crippen molar-refractivity contribution in [2.45, 2.75) is 89.4 Å². The van der Waals surface area contributed by atoms with Crippen LogP contribution in [0.25, 0.3) is 0 Å². The molecule has 2 N–H and O–H groups in total. The number of aldehydes is 1. The van der Waals surface area contributed by atoms with E-state index in [9.17, 15) is 9.00 Å². The Morgan fingerprint density at radius 2 is 1.94 bits per heavy atom. The van der Waals surface area contributed by atoms with Crippen molar-refractivity contribution >= 4 is 34.6 Å². The minimum absolute atomic E-state index is 0.125. The molecule has 53 heavy (non-hydrogen) atoms. The first-order valence-corrected chi connectivity index (χ1v) is 21.6. The molecule has 1 aliphatic carbocycles. The van der Waals surface area contributed by atoms with Crippen LogP contribution < -0.4 is 19.7 Å². The first kappa shape index (κ1) is 43.7. The van der Waals surface area contributed by atoms with E-state index in [0.717, 1.165) is 114 Å². The lowest BCUT2D eigenvalue weighted by Gasteiger charge is -2.44. The summed E-state index contributed by atoms with van der Waals surface area (Å²) in [5.41, 5.74) is 4.27. The third-order valence-electron chi connectivity index (χ3n) is 11.5. The fourth-order valence-corrected chi connectivity index (χ4v) is 9.09. The molecule has 2 heterocycles. The van der Waals surface area contributed by atoms with Crippen LogP contribution >= 0.6 is 11.6 Å². The minimum atomic E-state index is -0.996. The highest BCUT2D eigenvalue weighted by Gasteiger charge is 2.39. The van der Waals surface area contributed by atoms with Crippen molar-refractivity contribution < 1.29 is 23.2 Å². The lowest BCUT2D eigenvalue weighted by molar-refractivity contribution is -0.0222. The van der Waals surface area contributed by atoms with Crippen LogP contribution in [0.5, 0.6) is 5.75 Å². The Morgan fingerprint density at radius 1 is 1.11 bits per heavy atom. The van der Waals surface area contributed by atoms with Crippen molar-refractivity contribution in [1.82, 2.24) is 14.9 Å². The number of aryl methyl sites for hydroxylation is 1. The molecule has 298 valence electrons. The van der Waals surface area contributed by atoms with E-state index >= 15 is 0 Å². The summed E-state index contributed by atoms with van der Waals surface area (Å²) in [6, 6.07) is 12.0. The van der Waals surface area contributed by atoms with Crippen molar-refractivity contribution in [3.63, 3.8) is 0 Å². The van der Waals surface area contributed by atoms with E-state index in [4.69, 9.17) is 25.8 Å². The van der Waals surface area contributed by atoms with E-state index in [1.807, 2.05) is 31.4 Å². The Kier molecular flexibility index (Phi) is 19.1. The van der Waals surface area contributed by atoms with E-state index in [1.165, 1.54) is 24.0 Å². The number of anilines is 1. The molecular weight excluding hydrogens is 708 g/mol. The molecule has 7 unspecified atom stereocenters. The van der Waals surface area contributed by atoms with Crippen LogP contribution in [-0.4, -0.2) is 107 Å². The van der Waals surface area contributed by atoms with Gasteiger partial charge in [0.05, 0.1) is 36.0 Å². The van der Waals surface area contributed by atoms with Crippen LogP contribution in [0.1, 0.15) is 93.1 Å². The standard InChI is InChI=1S/C34H49ClN2O4S.C8H18N2O/c1-6-8-26-18-29(35)13-15-30(26)28-20-37(32-17-25(21-38)11-16-34(32)41-22-28)19-27-12-14-31(27)33(40-5)10-7-9-23(2)24(3)42(39)36-4;1-10-5-2-7-11-8-4-9-3-6-10/h11,13,15-18,21,23-24,27-28,31,33,36H,6-10,12,14,19-20,22H2,1-5H3;9H,2-8H2,1H3. The second-order valence-electron chi connectivity index (χ2n) is 15.3. The van der Waals surface area contributed by atoms with Gasteiger partial charge in [0, 0.05) is 74.7 Å². The molecule has 2 aromatic carbocycles. The Hall–Kier alpha value is -2.05.